The number of aromatic hydroxyl groups is 1. The van der Waals surface area contributed by atoms with Crippen molar-refractivity contribution in [3.63, 3.8) is 0 Å². The number of benzene rings is 2. The molecular formula is C25H22ClIN2O5S. The van der Waals surface area contributed by atoms with Crippen molar-refractivity contribution in [1.29, 1.82) is 0 Å². The van der Waals surface area contributed by atoms with Gasteiger partial charge in [-0.2, -0.15) is 0 Å². The maximum Gasteiger partial charge on any atom is 0.338 e. The molecule has 4 rings (SSSR count). The van der Waals surface area contributed by atoms with Crippen LogP contribution in [0.25, 0.3) is 6.08 Å². The first-order valence-electron chi connectivity index (χ1n) is 10.9. The van der Waals surface area contributed by atoms with Crippen LogP contribution in [-0.4, -0.2) is 28.9 Å². The summed E-state index contributed by atoms with van der Waals surface area (Å²) < 4.78 is 13.4. The second-order valence-electron chi connectivity index (χ2n) is 7.64. The highest BCUT2D eigenvalue weighted by molar-refractivity contribution is 14.1. The Bertz CT molecular complexity index is 1510. The Balaban J connectivity index is 1.93. The zero-order valence-electron chi connectivity index (χ0n) is 19.2. The third kappa shape index (κ3) is 5.03. The topological polar surface area (TPSA) is 90.1 Å². The van der Waals surface area contributed by atoms with Gasteiger partial charge in [0.05, 0.1) is 38.6 Å². The lowest BCUT2D eigenvalue weighted by atomic mass is 9.96. The summed E-state index contributed by atoms with van der Waals surface area (Å²) in [6.07, 6.45) is 1.73. The first kappa shape index (κ1) is 25.5. The SMILES string of the molecule is CCOC(=O)C1=C(C)N=c2s/c(=C\c3cc(I)c(O)c(OCC)c3)c(=O)n2[C@@H]1c1ccc(Cl)cc1. The zero-order chi connectivity index (χ0) is 25.3. The van der Waals surface area contributed by atoms with Crippen LogP contribution in [0.2, 0.25) is 5.02 Å². The molecule has 1 atom stereocenters. The Labute approximate surface area is 224 Å². The molecule has 0 saturated heterocycles. The number of allylic oxidation sites excluding steroid dienone is 1. The molecule has 1 aliphatic rings. The van der Waals surface area contributed by atoms with E-state index in [4.69, 9.17) is 21.1 Å². The number of halogens is 2. The lowest BCUT2D eigenvalue weighted by Crippen LogP contribution is -2.39. The Morgan fingerprint density at radius 2 is 1.97 bits per heavy atom. The molecule has 0 saturated carbocycles. The van der Waals surface area contributed by atoms with Crippen molar-refractivity contribution >= 4 is 57.6 Å². The highest BCUT2D eigenvalue weighted by Gasteiger charge is 2.33. The van der Waals surface area contributed by atoms with Crippen molar-refractivity contribution < 1.29 is 19.4 Å². The van der Waals surface area contributed by atoms with Crippen LogP contribution in [0.4, 0.5) is 0 Å². The molecule has 0 radical (unpaired) electrons. The average molecular weight is 625 g/mol. The van der Waals surface area contributed by atoms with Crippen LogP contribution in [0.15, 0.2) is 57.5 Å². The number of ether oxygens (including phenoxy) is 2. The van der Waals surface area contributed by atoms with Crippen LogP contribution in [0, 0.1) is 3.57 Å². The van der Waals surface area contributed by atoms with E-state index >= 15 is 0 Å². The van der Waals surface area contributed by atoms with Crippen LogP contribution >= 0.6 is 45.5 Å². The Hall–Kier alpha value is -2.63. The van der Waals surface area contributed by atoms with Gasteiger partial charge < -0.3 is 14.6 Å². The highest BCUT2D eigenvalue weighted by Crippen LogP contribution is 2.33. The van der Waals surface area contributed by atoms with Crippen molar-refractivity contribution in [2.24, 2.45) is 4.99 Å². The summed E-state index contributed by atoms with van der Waals surface area (Å²) in [6.45, 7) is 5.90. The Morgan fingerprint density at radius 1 is 1.26 bits per heavy atom. The fourth-order valence-electron chi connectivity index (χ4n) is 3.85. The third-order valence-electron chi connectivity index (χ3n) is 5.35. The van der Waals surface area contributed by atoms with E-state index in [1.807, 2.05) is 29.5 Å². The number of phenols is 1. The van der Waals surface area contributed by atoms with Gasteiger partial charge in [0.15, 0.2) is 16.3 Å². The van der Waals surface area contributed by atoms with Gasteiger partial charge in [-0.15, -0.1) is 0 Å². The molecule has 10 heteroatoms. The van der Waals surface area contributed by atoms with Gasteiger partial charge in [-0.25, -0.2) is 9.79 Å². The quantitative estimate of drug-likeness (QED) is 0.329. The van der Waals surface area contributed by atoms with E-state index in [9.17, 15) is 14.7 Å². The molecular weight excluding hydrogens is 603 g/mol. The predicted molar refractivity (Wildman–Crippen MR) is 144 cm³/mol. The van der Waals surface area contributed by atoms with E-state index in [0.29, 0.717) is 47.1 Å². The normalized spacial score (nSPS) is 15.6. The van der Waals surface area contributed by atoms with Gasteiger partial charge in [0.1, 0.15) is 0 Å². The van der Waals surface area contributed by atoms with Crippen LogP contribution in [0.5, 0.6) is 11.5 Å². The number of phenolic OH excluding ortho intramolecular Hbond substituents is 1. The minimum Gasteiger partial charge on any atom is -0.504 e. The number of aromatic nitrogens is 1. The molecule has 182 valence electrons. The summed E-state index contributed by atoms with van der Waals surface area (Å²) in [6, 6.07) is 9.77. The standard InChI is InChI=1S/C25H22ClIN2O5S/c1-4-33-18-11-14(10-17(27)22(18)30)12-19-23(31)29-21(15-6-8-16(26)9-7-15)20(24(32)34-5-2)13(3)28-25(29)35-19/h6-12,21,30H,4-5H2,1-3H3/b19-12-/t21-/m1/s1. The molecule has 1 N–H and O–H groups in total. The fourth-order valence-corrected chi connectivity index (χ4v) is 5.64. The molecule has 0 spiro atoms. The van der Waals surface area contributed by atoms with Crippen molar-refractivity contribution in [3.05, 3.63) is 87.1 Å². The number of esters is 1. The monoisotopic (exact) mass is 624 g/mol. The molecule has 2 heterocycles. The predicted octanol–water partition coefficient (Wildman–Crippen LogP) is 4.16. The smallest absolute Gasteiger partial charge is 0.338 e. The molecule has 0 aliphatic carbocycles. The molecule has 35 heavy (non-hydrogen) atoms. The molecule has 0 unspecified atom stereocenters. The molecule has 3 aromatic rings. The molecule has 2 aromatic carbocycles. The number of rotatable bonds is 6. The van der Waals surface area contributed by atoms with E-state index in [-0.39, 0.29) is 17.9 Å². The fraction of sp³-hybridized carbons (Fsp3) is 0.240. The Morgan fingerprint density at radius 3 is 2.63 bits per heavy atom. The summed E-state index contributed by atoms with van der Waals surface area (Å²) in [4.78, 5) is 31.6. The van der Waals surface area contributed by atoms with E-state index in [1.165, 1.54) is 15.9 Å². The number of fused-ring (bicyclic) bond motifs is 1. The van der Waals surface area contributed by atoms with Crippen molar-refractivity contribution in [2.45, 2.75) is 26.8 Å². The highest BCUT2D eigenvalue weighted by atomic mass is 127. The first-order valence-corrected chi connectivity index (χ1v) is 13.1. The number of nitrogens with zero attached hydrogens (tertiary/aromatic N) is 2. The third-order valence-corrected chi connectivity index (χ3v) is 7.41. The second kappa shape index (κ2) is 10.5. The zero-order valence-corrected chi connectivity index (χ0v) is 22.9. The van der Waals surface area contributed by atoms with E-state index in [0.717, 1.165) is 5.56 Å². The van der Waals surface area contributed by atoms with E-state index in [2.05, 4.69) is 4.99 Å². The summed E-state index contributed by atoms with van der Waals surface area (Å²) in [5, 5.41) is 10.8. The Kier molecular flexibility index (Phi) is 7.67. The van der Waals surface area contributed by atoms with Crippen molar-refractivity contribution in [1.82, 2.24) is 4.57 Å². The number of carbonyl (C=O) groups is 1. The van der Waals surface area contributed by atoms with Crippen LogP contribution in [-0.2, 0) is 9.53 Å². The number of carbonyl (C=O) groups excluding carboxylic acids is 1. The van der Waals surface area contributed by atoms with Crippen molar-refractivity contribution in [2.75, 3.05) is 13.2 Å². The average Bonchev–Trinajstić information content (AvgIpc) is 3.11. The van der Waals surface area contributed by atoms with Crippen LogP contribution < -0.4 is 19.6 Å². The maximum absolute atomic E-state index is 13.7. The van der Waals surface area contributed by atoms with Gasteiger partial charge in [0.2, 0.25) is 0 Å². The van der Waals surface area contributed by atoms with E-state index in [1.54, 1.807) is 56.3 Å². The van der Waals surface area contributed by atoms with Crippen molar-refractivity contribution in [3.8, 4) is 11.5 Å². The summed E-state index contributed by atoms with van der Waals surface area (Å²) >= 11 is 9.34. The first-order chi connectivity index (χ1) is 16.7. The second-order valence-corrected chi connectivity index (χ2v) is 10.2. The minimum atomic E-state index is -0.705. The molecule has 0 amide bonds. The minimum absolute atomic E-state index is 0.0588. The summed E-state index contributed by atoms with van der Waals surface area (Å²) in [5.74, 6) is -0.112. The summed E-state index contributed by atoms with van der Waals surface area (Å²) in [5.41, 5.74) is 1.94. The number of hydrogen-bond donors (Lipinski definition) is 1. The summed E-state index contributed by atoms with van der Waals surface area (Å²) in [7, 11) is 0. The van der Waals surface area contributed by atoms with E-state index < -0.39 is 12.0 Å². The van der Waals surface area contributed by atoms with Crippen LogP contribution in [0.1, 0.15) is 37.9 Å². The van der Waals surface area contributed by atoms with Gasteiger partial charge in [-0.05, 0) is 84.8 Å². The molecule has 1 aromatic heterocycles. The molecule has 0 bridgehead atoms. The van der Waals surface area contributed by atoms with Gasteiger partial charge in [-0.1, -0.05) is 35.1 Å². The number of thiazole rings is 1. The largest absolute Gasteiger partial charge is 0.504 e. The van der Waals surface area contributed by atoms with Gasteiger partial charge in [0.25, 0.3) is 5.56 Å². The lowest BCUT2D eigenvalue weighted by molar-refractivity contribution is -0.139. The maximum atomic E-state index is 13.7. The van der Waals surface area contributed by atoms with Gasteiger partial charge in [-0.3, -0.25) is 9.36 Å². The van der Waals surface area contributed by atoms with Crippen LogP contribution in [0.3, 0.4) is 0 Å². The molecule has 7 nitrogen and oxygen atoms in total. The number of hydrogen-bond acceptors (Lipinski definition) is 7. The van der Waals surface area contributed by atoms with Gasteiger partial charge in [0, 0.05) is 5.02 Å². The lowest BCUT2D eigenvalue weighted by Gasteiger charge is -2.24. The molecule has 0 fully saturated rings. The van der Waals surface area contributed by atoms with Gasteiger partial charge >= 0.3 is 5.97 Å². The molecule has 1 aliphatic heterocycles.